The second-order valence-electron chi connectivity index (χ2n) is 5.89. The molecule has 3 heteroatoms. The minimum atomic E-state index is -0.518. The Bertz CT molecular complexity index is 430. The van der Waals surface area contributed by atoms with Crippen LogP contribution in [0.4, 0.5) is 0 Å². The van der Waals surface area contributed by atoms with E-state index in [4.69, 9.17) is 9.47 Å². The maximum Gasteiger partial charge on any atom is 0.119 e. The number of aliphatic hydroxyl groups excluding tert-OH is 1. The average Bonchev–Trinajstić information content (AvgIpc) is 2.82. The molecule has 0 saturated heterocycles. The van der Waals surface area contributed by atoms with Crippen LogP contribution in [-0.2, 0) is 11.2 Å². The number of ether oxygens (including phenoxy) is 2. The number of unbranched alkanes of at least 4 members (excludes halogenated alkanes) is 5. The molecule has 0 aromatic heterocycles. The van der Waals surface area contributed by atoms with Gasteiger partial charge in [-0.15, -0.1) is 0 Å². The molecule has 1 aliphatic carbocycles. The SMILES string of the molecule is CCCCCCCCOC1Cc2ccc(OC)cc2C1O. The van der Waals surface area contributed by atoms with Crippen LogP contribution >= 0.6 is 0 Å². The molecule has 0 aliphatic heterocycles. The first kappa shape index (κ1) is 16.3. The summed E-state index contributed by atoms with van der Waals surface area (Å²) in [6, 6.07) is 5.90. The van der Waals surface area contributed by atoms with Crippen LogP contribution in [0.1, 0.15) is 62.7 Å². The molecule has 118 valence electrons. The molecule has 0 saturated carbocycles. The Morgan fingerprint density at radius 3 is 2.67 bits per heavy atom. The zero-order valence-corrected chi connectivity index (χ0v) is 13.3. The van der Waals surface area contributed by atoms with Gasteiger partial charge in [0, 0.05) is 13.0 Å². The molecule has 0 heterocycles. The van der Waals surface area contributed by atoms with Crippen molar-refractivity contribution in [1.82, 2.24) is 0 Å². The van der Waals surface area contributed by atoms with Crippen LogP contribution in [0.2, 0.25) is 0 Å². The number of rotatable bonds is 9. The Morgan fingerprint density at radius 1 is 1.14 bits per heavy atom. The maximum atomic E-state index is 10.4. The first-order chi connectivity index (χ1) is 10.3. The molecular weight excluding hydrogens is 264 g/mol. The predicted octanol–water partition coefficient (Wildman–Crippen LogP) is 4.03. The lowest BCUT2D eigenvalue weighted by Gasteiger charge is -2.16. The number of methoxy groups -OCH3 is 1. The van der Waals surface area contributed by atoms with E-state index in [-0.39, 0.29) is 6.10 Å². The van der Waals surface area contributed by atoms with Crippen LogP contribution in [0.3, 0.4) is 0 Å². The predicted molar refractivity (Wildman–Crippen MR) is 84.8 cm³/mol. The fraction of sp³-hybridized carbons (Fsp3) is 0.667. The molecule has 0 amide bonds. The molecule has 3 nitrogen and oxygen atoms in total. The highest BCUT2D eigenvalue weighted by Gasteiger charge is 2.31. The van der Waals surface area contributed by atoms with E-state index in [9.17, 15) is 5.11 Å². The summed E-state index contributed by atoms with van der Waals surface area (Å²) in [7, 11) is 1.65. The molecule has 0 bridgehead atoms. The van der Waals surface area contributed by atoms with Crippen molar-refractivity contribution in [2.24, 2.45) is 0 Å². The van der Waals surface area contributed by atoms with Gasteiger partial charge < -0.3 is 14.6 Å². The summed E-state index contributed by atoms with van der Waals surface area (Å²) in [6.45, 7) is 2.98. The van der Waals surface area contributed by atoms with Gasteiger partial charge in [-0.05, 0) is 29.7 Å². The van der Waals surface area contributed by atoms with Crippen molar-refractivity contribution in [3.63, 3.8) is 0 Å². The van der Waals surface area contributed by atoms with Gasteiger partial charge in [-0.1, -0.05) is 45.1 Å². The quantitative estimate of drug-likeness (QED) is 0.698. The minimum Gasteiger partial charge on any atom is -0.497 e. The lowest BCUT2D eigenvalue weighted by molar-refractivity contribution is -0.0289. The standard InChI is InChI=1S/C18H28O3/c1-3-4-5-6-7-8-11-21-17-12-14-9-10-15(20-2)13-16(14)18(17)19/h9-10,13,17-19H,3-8,11-12H2,1-2H3. The number of hydrogen-bond donors (Lipinski definition) is 1. The Hall–Kier alpha value is -1.06. The van der Waals surface area contributed by atoms with Crippen molar-refractivity contribution in [3.05, 3.63) is 29.3 Å². The highest BCUT2D eigenvalue weighted by molar-refractivity contribution is 5.41. The highest BCUT2D eigenvalue weighted by Crippen LogP contribution is 2.35. The number of aliphatic hydroxyl groups is 1. The lowest BCUT2D eigenvalue weighted by atomic mass is 10.1. The van der Waals surface area contributed by atoms with Crippen LogP contribution in [-0.4, -0.2) is 24.9 Å². The van der Waals surface area contributed by atoms with Crippen molar-refractivity contribution >= 4 is 0 Å². The third-order valence-electron chi connectivity index (χ3n) is 4.27. The van der Waals surface area contributed by atoms with Crippen LogP contribution < -0.4 is 4.74 Å². The van der Waals surface area contributed by atoms with Crippen LogP contribution in [0, 0.1) is 0 Å². The Balaban J connectivity index is 1.72. The minimum absolute atomic E-state index is 0.0947. The largest absolute Gasteiger partial charge is 0.497 e. The molecule has 1 aromatic rings. The molecule has 0 radical (unpaired) electrons. The first-order valence-electron chi connectivity index (χ1n) is 8.22. The summed E-state index contributed by atoms with van der Waals surface area (Å²) in [5, 5.41) is 10.4. The summed E-state index contributed by atoms with van der Waals surface area (Å²) in [4.78, 5) is 0. The molecule has 1 aliphatic rings. The zero-order valence-electron chi connectivity index (χ0n) is 13.3. The summed E-state index contributed by atoms with van der Waals surface area (Å²) in [5.74, 6) is 0.796. The third-order valence-corrected chi connectivity index (χ3v) is 4.27. The van der Waals surface area contributed by atoms with Crippen LogP contribution in [0.5, 0.6) is 5.75 Å². The molecule has 0 spiro atoms. The average molecular weight is 292 g/mol. The summed E-state index contributed by atoms with van der Waals surface area (Å²) in [6.07, 6.45) is 7.74. The topological polar surface area (TPSA) is 38.7 Å². The van der Waals surface area contributed by atoms with Gasteiger partial charge in [0.15, 0.2) is 0 Å². The molecule has 1 N–H and O–H groups in total. The summed E-state index contributed by atoms with van der Waals surface area (Å²) in [5.41, 5.74) is 2.14. The summed E-state index contributed by atoms with van der Waals surface area (Å²) < 4.78 is 11.1. The van der Waals surface area contributed by atoms with Gasteiger partial charge >= 0.3 is 0 Å². The fourth-order valence-corrected chi connectivity index (χ4v) is 2.96. The molecule has 2 rings (SSSR count). The molecule has 0 fully saturated rings. The second kappa shape index (κ2) is 8.40. The van der Waals surface area contributed by atoms with Gasteiger partial charge in [0.25, 0.3) is 0 Å². The van der Waals surface area contributed by atoms with E-state index in [0.717, 1.165) is 30.8 Å². The number of fused-ring (bicyclic) bond motifs is 1. The van der Waals surface area contributed by atoms with Gasteiger partial charge in [-0.2, -0.15) is 0 Å². The van der Waals surface area contributed by atoms with Crippen molar-refractivity contribution in [1.29, 1.82) is 0 Å². The van der Waals surface area contributed by atoms with Crippen molar-refractivity contribution < 1.29 is 14.6 Å². The lowest BCUT2D eigenvalue weighted by Crippen LogP contribution is -2.18. The van der Waals surface area contributed by atoms with E-state index in [0.29, 0.717) is 0 Å². The van der Waals surface area contributed by atoms with Gasteiger partial charge in [0.2, 0.25) is 0 Å². The van der Waals surface area contributed by atoms with Crippen molar-refractivity contribution in [3.8, 4) is 5.75 Å². The van der Waals surface area contributed by atoms with Crippen molar-refractivity contribution in [2.75, 3.05) is 13.7 Å². The highest BCUT2D eigenvalue weighted by atomic mass is 16.5. The van der Waals surface area contributed by atoms with E-state index < -0.39 is 6.10 Å². The molecule has 2 atom stereocenters. The zero-order chi connectivity index (χ0) is 15.1. The van der Waals surface area contributed by atoms with E-state index in [1.54, 1.807) is 7.11 Å². The van der Waals surface area contributed by atoms with Gasteiger partial charge in [-0.3, -0.25) is 0 Å². The summed E-state index contributed by atoms with van der Waals surface area (Å²) >= 11 is 0. The van der Waals surface area contributed by atoms with E-state index in [1.807, 2.05) is 18.2 Å². The number of benzene rings is 1. The molecular formula is C18H28O3. The Labute approximate surface area is 128 Å². The molecule has 21 heavy (non-hydrogen) atoms. The van der Waals surface area contributed by atoms with Crippen LogP contribution in [0.15, 0.2) is 18.2 Å². The first-order valence-corrected chi connectivity index (χ1v) is 8.22. The van der Waals surface area contributed by atoms with Gasteiger partial charge in [-0.25, -0.2) is 0 Å². The van der Waals surface area contributed by atoms with E-state index in [2.05, 4.69) is 6.92 Å². The monoisotopic (exact) mass is 292 g/mol. The third kappa shape index (κ3) is 4.45. The van der Waals surface area contributed by atoms with Crippen molar-refractivity contribution in [2.45, 2.75) is 64.1 Å². The smallest absolute Gasteiger partial charge is 0.119 e. The van der Waals surface area contributed by atoms with E-state index >= 15 is 0 Å². The Kier molecular flexibility index (Phi) is 6.52. The fourth-order valence-electron chi connectivity index (χ4n) is 2.96. The molecule has 2 unspecified atom stereocenters. The Morgan fingerprint density at radius 2 is 1.90 bits per heavy atom. The maximum absolute atomic E-state index is 10.4. The van der Waals surface area contributed by atoms with Gasteiger partial charge in [0.05, 0.1) is 13.2 Å². The van der Waals surface area contributed by atoms with E-state index in [1.165, 1.54) is 37.7 Å². The second-order valence-corrected chi connectivity index (χ2v) is 5.89. The molecule has 1 aromatic carbocycles. The van der Waals surface area contributed by atoms with Gasteiger partial charge in [0.1, 0.15) is 11.9 Å². The number of hydrogen-bond acceptors (Lipinski definition) is 3. The van der Waals surface area contributed by atoms with Crippen LogP contribution in [0.25, 0.3) is 0 Å². The normalized spacial score (nSPS) is 20.5.